The molecule has 0 radical (unpaired) electrons. The Morgan fingerprint density at radius 2 is 2.15 bits per heavy atom. The quantitative estimate of drug-likeness (QED) is 0.488. The predicted molar refractivity (Wildman–Crippen MR) is 101 cm³/mol. The molecule has 6 nitrogen and oxygen atoms in total. The summed E-state index contributed by atoms with van der Waals surface area (Å²) in [5.41, 5.74) is 0.445. The molecule has 3 aromatic rings. The molecule has 1 aliphatic heterocycles. The van der Waals surface area contributed by atoms with Crippen molar-refractivity contribution in [3.05, 3.63) is 48.0 Å². The maximum Gasteiger partial charge on any atom is 0.349 e. The summed E-state index contributed by atoms with van der Waals surface area (Å²) in [6.45, 7) is 2.00. The minimum Gasteiger partial charge on any atom is -0.453 e. The third-order valence-electron chi connectivity index (χ3n) is 4.28. The van der Waals surface area contributed by atoms with Crippen molar-refractivity contribution in [3.63, 3.8) is 0 Å². The zero-order valence-electron chi connectivity index (χ0n) is 13.7. The first kappa shape index (κ1) is 17.4. The number of aryl methyl sites for hydroxylation is 2. The van der Waals surface area contributed by atoms with Crippen LogP contribution in [0.2, 0.25) is 4.34 Å². The molecular weight excluding hydrogens is 396 g/mol. The third-order valence-corrected chi connectivity index (χ3v) is 6.72. The molecule has 0 amide bonds. The maximum absolute atomic E-state index is 12.6. The summed E-state index contributed by atoms with van der Waals surface area (Å²) in [6.07, 6.45) is 1.67. The number of nitrogens with zero attached hydrogens (tertiary/aromatic N) is 2. The number of Topliss-reactive ketones (excluding diaryl/α,β-unsaturated/α-hetero) is 1. The van der Waals surface area contributed by atoms with Gasteiger partial charge in [-0.25, -0.2) is 9.78 Å². The van der Waals surface area contributed by atoms with Gasteiger partial charge in [0.15, 0.2) is 6.61 Å². The molecule has 1 aliphatic rings. The van der Waals surface area contributed by atoms with E-state index in [1.807, 2.05) is 0 Å². The lowest BCUT2D eigenvalue weighted by Gasteiger charge is -2.03. The predicted octanol–water partition coefficient (Wildman–Crippen LogP) is 3.47. The Kier molecular flexibility index (Phi) is 4.42. The van der Waals surface area contributed by atoms with E-state index in [4.69, 9.17) is 16.3 Å². The van der Waals surface area contributed by atoms with Gasteiger partial charge in [0, 0.05) is 13.0 Å². The van der Waals surface area contributed by atoms with E-state index in [9.17, 15) is 14.4 Å². The maximum atomic E-state index is 12.6. The number of aromatic nitrogens is 2. The average molecular weight is 409 g/mol. The molecule has 0 N–H and O–H groups in total. The van der Waals surface area contributed by atoms with Gasteiger partial charge in [-0.2, -0.15) is 0 Å². The van der Waals surface area contributed by atoms with Crippen molar-refractivity contribution in [2.45, 2.75) is 26.3 Å². The average Bonchev–Trinajstić information content (AvgIpc) is 3.32. The Balaban J connectivity index is 1.59. The Bertz CT molecular complexity index is 1110. The summed E-state index contributed by atoms with van der Waals surface area (Å²) < 4.78 is 7.32. The lowest BCUT2D eigenvalue weighted by atomic mass is 10.2. The molecule has 134 valence electrons. The highest BCUT2D eigenvalue weighted by molar-refractivity contribution is 7.20. The van der Waals surface area contributed by atoms with Crippen LogP contribution in [0.3, 0.4) is 0 Å². The molecule has 0 saturated heterocycles. The van der Waals surface area contributed by atoms with Gasteiger partial charge in [0.1, 0.15) is 15.5 Å². The third kappa shape index (κ3) is 2.87. The normalized spacial score (nSPS) is 13.2. The van der Waals surface area contributed by atoms with Crippen molar-refractivity contribution in [2.24, 2.45) is 0 Å². The summed E-state index contributed by atoms with van der Waals surface area (Å²) in [7, 11) is 0. The van der Waals surface area contributed by atoms with Crippen molar-refractivity contribution in [1.29, 1.82) is 0 Å². The van der Waals surface area contributed by atoms with Crippen molar-refractivity contribution < 1.29 is 14.3 Å². The molecule has 0 fully saturated rings. The van der Waals surface area contributed by atoms with Crippen LogP contribution in [0.5, 0.6) is 0 Å². The van der Waals surface area contributed by atoms with Gasteiger partial charge in [0.05, 0.1) is 14.6 Å². The SMILES string of the molecule is Cc1c(C(=O)OCC(=O)c2ccc(Cl)s2)sc2nc3n(c(=O)c12)CCC3. The Morgan fingerprint density at radius 1 is 1.35 bits per heavy atom. The highest BCUT2D eigenvalue weighted by Gasteiger charge is 2.24. The van der Waals surface area contributed by atoms with Crippen LogP contribution >= 0.6 is 34.3 Å². The number of rotatable bonds is 4. The van der Waals surface area contributed by atoms with Crippen LogP contribution < -0.4 is 5.56 Å². The van der Waals surface area contributed by atoms with Crippen LogP contribution in [-0.2, 0) is 17.7 Å². The summed E-state index contributed by atoms with van der Waals surface area (Å²) in [4.78, 5) is 42.9. The fourth-order valence-electron chi connectivity index (χ4n) is 3.00. The van der Waals surface area contributed by atoms with E-state index in [2.05, 4.69) is 4.98 Å². The van der Waals surface area contributed by atoms with Crippen LogP contribution in [0, 0.1) is 6.92 Å². The summed E-state index contributed by atoms with van der Waals surface area (Å²) >= 11 is 8.08. The number of thiophene rings is 2. The number of ether oxygens (including phenoxy) is 1. The standard InChI is InChI=1S/C17H13ClN2O4S2/c1-8-13-15(19-12-3-2-6-20(12)16(13)22)26-14(8)17(23)24-7-9(21)10-4-5-11(18)25-10/h4-5H,2-3,6-7H2,1H3. The van der Waals surface area contributed by atoms with Crippen LogP contribution in [0.25, 0.3) is 10.2 Å². The van der Waals surface area contributed by atoms with Crippen LogP contribution in [0.15, 0.2) is 16.9 Å². The van der Waals surface area contributed by atoms with Gasteiger partial charge in [0.2, 0.25) is 5.78 Å². The molecule has 9 heteroatoms. The number of hydrogen-bond acceptors (Lipinski definition) is 7. The second kappa shape index (κ2) is 6.61. The molecule has 0 aliphatic carbocycles. The molecule has 26 heavy (non-hydrogen) atoms. The van der Waals surface area contributed by atoms with E-state index in [0.717, 1.165) is 41.3 Å². The summed E-state index contributed by atoms with van der Waals surface area (Å²) in [5.74, 6) is -0.175. The van der Waals surface area contributed by atoms with Crippen LogP contribution in [-0.4, -0.2) is 27.9 Å². The Morgan fingerprint density at radius 3 is 2.88 bits per heavy atom. The van der Waals surface area contributed by atoms with Gasteiger partial charge in [-0.1, -0.05) is 11.6 Å². The first-order chi connectivity index (χ1) is 12.5. The van der Waals surface area contributed by atoms with E-state index >= 15 is 0 Å². The van der Waals surface area contributed by atoms with E-state index in [0.29, 0.717) is 36.4 Å². The number of ketones is 1. The van der Waals surface area contributed by atoms with Crippen molar-refractivity contribution in [2.75, 3.05) is 6.61 Å². The number of fused-ring (bicyclic) bond motifs is 2. The van der Waals surface area contributed by atoms with Crippen molar-refractivity contribution >= 4 is 56.2 Å². The van der Waals surface area contributed by atoms with Gasteiger partial charge in [0.25, 0.3) is 5.56 Å². The smallest absolute Gasteiger partial charge is 0.349 e. The first-order valence-electron chi connectivity index (χ1n) is 7.94. The lowest BCUT2D eigenvalue weighted by Crippen LogP contribution is -2.20. The van der Waals surface area contributed by atoms with E-state index < -0.39 is 5.97 Å². The Hall–Kier alpha value is -2.03. The number of hydrogen-bond donors (Lipinski definition) is 0. The lowest BCUT2D eigenvalue weighted by molar-refractivity contribution is 0.0480. The number of halogens is 1. The second-order valence-electron chi connectivity index (χ2n) is 5.93. The molecule has 0 unspecified atom stereocenters. The van der Waals surface area contributed by atoms with E-state index in [1.54, 1.807) is 23.6 Å². The van der Waals surface area contributed by atoms with Gasteiger partial charge >= 0.3 is 5.97 Å². The molecule has 4 heterocycles. The van der Waals surface area contributed by atoms with Gasteiger partial charge in [-0.15, -0.1) is 22.7 Å². The second-order valence-corrected chi connectivity index (χ2v) is 8.64. The molecular formula is C17H13ClN2O4S2. The topological polar surface area (TPSA) is 78.3 Å². The van der Waals surface area contributed by atoms with E-state index in [1.165, 1.54) is 0 Å². The zero-order valence-corrected chi connectivity index (χ0v) is 16.1. The fraction of sp³-hybridized carbons (Fsp3) is 0.294. The summed E-state index contributed by atoms with van der Waals surface area (Å²) in [5, 5.41) is 0.462. The summed E-state index contributed by atoms with van der Waals surface area (Å²) in [6, 6.07) is 3.22. The van der Waals surface area contributed by atoms with E-state index in [-0.39, 0.29) is 17.9 Å². The first-order valence-corrected chi connectivity index (χ1v) is 9.95. The van der Waals surface area contributed by atoms with Crippen molar-refractivity contribution in [3.8, 4) is 0 Å². The van der Waals surface area contributed by atoms with Crippen LogP contribution in [0.1, 0.15) is 37.2 Å². The molecule has 3 aromatic heterocycles. The van der Waals surface area contributed by atoms with Gasteiger partial charge in [-0.05, 0) is 31.0 Å². The number of esters is 1. The molecule has 0 spiro atoms. The molecule has 0 saturated carbocycles. The Labute approximate surface area is 161 Å². The molecule has 0 bridgehead atoms. The number of carbonyl (C=O) groups is 2. The monoisotopic (exact) mass is 408 g/mol. The van der Waals surface area contributed by atoms with Crippen LogP contribution in [0.4, 0.5) is 0 Å². The number of carbonyl (C=O) groups excluding carboxylic acids is 2. The van der Waals surface area contributed by atoms with Gasteiger partial charge in [-0.3, -0.25) is 14.2 Å². The highest BCUT2D eigenvalue weighted by atomic mass is 35.5. The zero-order chi connectivity index (χ0) is 18.4. The van der Waals surface area contributed by atoms with Crippen molar-refractivity contribution in [1.82, 2.24) is 9.55 Å². The minimum absolute atomic E-state index is 0.111. The molecule has 0 aromatic carbocycles. The largest absolute Gasteiger partial charge is 0.453 e. The highest BCUT2D eigenvalue weighted by Crippen LogP contribution is 2.29. The van der Waals surface area contributed by atoms with Gasteiger partial charge < -0.3 is 4.74 Å². The minimum atomic E-state index is -0.619. The fourth-order valence-corrected chi connectivity index (χ4v) is 5.05. The molecule has 0 atom stereocenters. The molecule has 4 rings (SSSR count).